The highest BCUT2D eigenvalue weighted by Crippen LogP contribution is 2.21. The topological polar surface area (TPSA) is 86.5 Å². The molecule has 1 unspecified atom stereocenters. The van der Waals surface area contributed by atoms with Crippen LogP contribution in [0.3, 0.4) is 0 Å². The quantitative estimate of drug-likeness (QED) is 0.798. The van der Waals surface area contributed by atoms with E-state index in [0.717, 1.165) is 6.42 Å². The lowest BCUT2D eigenvalue weighted by atomic mass is 10.0. The smallest absolute Gasteiger partial charge is 0.270 e. The number of ether oxygens (including phenoxy) is 2. The monoisotopic (exact) mass is 251 g/mol. The highest BCUT2D eigenvalue weighted by Gasteiger charge is 2.35. The number of carbonyl (C=O) groups excluding carboxylic acids is 1. The summed E-state index contributed by atoms with van der Waals surface area (Å²) in [4.78, 5) is 15.8. The predicted octanol–water partition coefficient (Wildman–Crippen LogP) is 0.199. The fourth-order valence-electron chi connectivity index (χ4n) is 1.87. The molecule has 1 atom stereocenters. The number of rotatable bonds is 4. The number of nitrogen functional groups attached to an aromatic ring is 1. The van der Waals surface area contributed by atoms with Gasteiger partial charge in [0.25, 0.3) is 5.91 Å². The second-order valence-electron chi connectivity index (χ2n) is 4.32. The Labute approximate surface area is 105 Å². The van der Waals surface area contributed by atoms with Crippen LogP contribution in [0.15, 0.2) is 18.2 Å². The van der Waals surface area contributed by atoms with Crippen LogP contribution in [0.4, 0.5) is 5.82 Å². The summed E-state index contributed by atoms with van der Waals surface area (Å²) < 4.78 is 10.7. The molecule has 0 spiro atoms. The standard InChI is InChI=1S/C12H17N3O3/c1-17-12(5-6-18-8-12)7-14-11(16)9-3-2-4-10(13)15-9/h2-4H,5-8H2,1H3,(H2,13,15)(H,14,16). The lowest BCUT2D eigenvalue weighted by molar-refractivity contribution is -0.0149. The lowest BCUT2D eigenvalue weighted by Gasteiger charge is -2.25. The van der Waals surface area contributed by atoms with Gasteiger partial charge in [0.1, 0.15) is 17.1 Å². The molecule has 1 amide bonds. The van der Waals surface area contributed by atoms with Crippen molar-refractivity contribution in [1.29, 1.82) is 0 Å². The van der Waals surface area contributed by atoms with Crippen LogP contribution in [0.25, 0.3) is 0 Å². The van der Waals surface area contributed by atoms with E-state index in [1.165, 1.54) is 0 Å². The van der Waals surface area contributed by atoms with Gasteiger partial charge in [0, 0.05) is 26.7 Å². The van der Waals surface area contributed by atoms with E-state index in [4.69, 9.17) is 15.2 Å². The Balaban J connectivity index is 1.96. The molecule has 3 N–H and O–H groups in total. The molecule has 0 bridgehead atoms. The first-order valence-corrected chi connectivity index (χ1v) is 5.79. The van der Waals surface area contributed by atoms with E-state index in [1.807, 2.05) is 0 Å². The number of aromatic nitrogens is 1. The summed E-state index contributed by atoms with van der Waals surface area (Å²) in [5.41, 5.74) is 5.42. The fraction of sp³-hybridized carbons (Fsp3) is 0.500. The minimum atomic E-state index is -0.421. The molecule has 0 aliphatic carbocycles. The van der Waals surface area contributed by atoms with Gasteiger partial charge in [-0.3, -0.25) is 4.79 Å². The van der Waals surface area contributed by atoms with E-state index < -0.39 is 5.60 Å². The summed E-state index contributed by atoms with van der Waals surface area (Å²) in [7, 11) is 1.62. The average Bonchev–Trinajstić information content (AvgIpc) is 2.85. The van der Waals surface area contributed by atoms with Gasteiger partial charge in [0.15, 0.2) is 0 Å². The van der Waals surface area contributed by atoms with Crippen molar-refractivity contribution in [2.45, 2.75) is 12.0 Å². The Hall–Kier alpha value is -1.66. The number of nitrogens with zero attached hydrogens (tertiary/aromatic N) is 1. The predicted molar refractivity (Wildman–Crippen MR) is 66.2 cm³/mol. The molecule has 0 radical (unpaired) electrons. The van der Waals surface area contributed by atoms with Crippen molar-refractivity contribution >= 4 is 11.7 Å². The van der Waals surface area contributed by atoms with Gasteiger partial charge in [-0.25, -0.2) is 4.98 Å². The van der Waals surface area contributed by atoms with E-state index in [1.54, 1.807) is 25.3 Å². The highest BCUT2D eigenvalue weighted by molar-refractivity contribution is 5.92. The number of amides is 1. The molecule has 1 aromatic rings. The Bertz CT molecular complexity index is 430. The number of anilines is 1. The maximum absolute atomic E-state index is 11.9. The van der Waals surface area contributed by atoms with Crippen LogP contribution in [-0.4, -0.2) is 43.4 Å². The van der Waals surface area contributed by atoms with Crippen molar-refractivity contribution in [3.63, 3.8) is 0 Å². The second kappa shape index (κ2) is 5.32. The van der Waals surface area contributed by atoms with Gasteiger partial charge in [-0.1, -0.05) is 6.07 Å². The molecule has 6 nitrogen and oxygen atoms in total. The molecule has 98 valence electrons. The number of hydrogen-bond acceptors (Lipinski definition) is 5. The van der Waals surface area contributed by atoms with Crippen molar-refractivity contribution in [3.8, 4) is 0 Å². The van der Waals surface area contributed by atoms with Crippen molar-refractivity contribution in [3.05, 3.63) is 23.9 Å². The van der Waals surface area contributed by atoms with Crippen molar-refractivity contribution in [1.82, 2.24) is 10.3 Å². The van der Waals surface area contributed by atoms with Crippen LogP contribution in [0.1, 0.15) is 16.9 Å². The average molecular weight is 251 g/mol. The summed E-state index contributed by atoms with van der Waals surface area (Å²) >= 11 is 0. The Kier molecular flexibility index (Phi) is 3.78. The molecule has 1 aliphatic heterocycles. The number of pyridine rings is 1. The zero-order chi connectivity index (χ0) is 13.0. The summed E-state index contributed by atoms with van der Waals surface area (Å²) in [6.07, 6.45) is 0.772. The Morgan fingerprint density at radius 2 is 2.50 bits per heavy atom. The number of carbonyl (C=O) groups is 1. The molecule has 2 rings (SSSR count). The number of methoxy groups -OCH3 is 1. The summed E-state index contributed by atoms with van der Waals surface area (Å²) in [5.74, 6) is 0.0685. The van der Waals surface area contributed by atoms with Gasteiger partial charge in [0.05, 0.1) is 6.61 Å². The van der Waals surface area contributed by atoms with Crippen molar-refractivity contribution < 1.29 is 14.3 Å². The third kappa shape index (κ3) is 2.77. The lowest BCUT2D eigenvalue weighted by Crippen LogP contribution is -2.45. The number of nitrogens with two attached hydrogens (primary N) is 1. The summed E-state index contributed by atoms with van der Waals surface area (Å²) in [6, 6.07) is 4.95. The summed E-state index contributed by atoms with van der Waals surface area (Å²) in [6.45, 7) is 1.55. The molecule has 2 heterocycles. The number of hydrogen-bond donors (Lipinski definition) is 2. The van der Waals surface area contributed by atoms with Crippen molar-refractivity contribution in [2.24, 2.45) is 0 Å². The van der Waals surface area contributed by atoms with Crippen LogP contribution in [0.2, 0.25) is 0 Å². The Morgan fingerprint density at radius 1 is 1.67 bits per heavy atom. The van der Waals surface area contributed by atoms with Crippen LogP contribution in [0.5, 0.6) is 0 Å². The van der Waals surface area contributed by atoms with Crippen LogP contribution in [0, 0.1) is 0 Å². The molecular formula is C12H17N3O3. The molecule has 18 heavy (non-hydrogen) atoms. The normalized spacial score (nSPS) is 22.9. The first-order chi connectivity index (χ1) is 8.65. The largest absolute Gasteiger partial charge is 0.384 e. The van der Waals surface area contributed by atoms with Crippen molar-refractivity contribution in [2.75, 3.05) is 32.6 Å². The maximum Gasteiger partial charge on any atom is 0.270 e. The highest BCUT2D eigenvalue weighted by atomic mass is 16.5. The molecule has 1 aliphatic rings. The molecule has 6 heteroatoms. The van der Waals surface area contributed by atoms with E-state index in [-0.39, 0.29) is 5.91 Å². The van der Waals surface area contributed by atoms with Gasteiger partial charge in [-0.15, -0.1) is 0 Å². The third-order valence-electron chi connectivity index (χ3n) is 3.07. The van der Waals surface area contributed by atoms with E-state index >= 15 is 0 Å². The van der Waals surface area contributed by atoms with Gasteiger partial charge in [0.2, 0.25) is 0 Å². The zero-order valence-electron chi connectivity index (χ0n) is 10.3. The second-order valence-corrected chi connectivity index (χ2v) is 4.32. The minimum absolute atomic E-state index is 0.259. The molecular weight excluding hydrogens is 234 g/mol. The summed E-state index contributed by atoms with van der Waals surface area (Å²) in [5, 5.41) is 2.80. The van der Waals surface area contributed by atoms with Crippen LogP contribution < -0.4 is 11.1 Å². The number of nitrogens with one attached hydrogen (secondary N) is 1. The van der Waals surface area contributed by atoms with Gasteiger partial charge in [-0.05, 0) is 12.1 Å². The molecule has 1 saturated heterocycles. The van der Waals surface area contributed by atoms with E-state index in [0.29, 0.717) is 31.3 Å². The molecule has 1 aromatic heterocycles. The van der Waals surface area contributed by atoms with E-state index in [9.17, 15) is 4.79 Å². The van der Waals surface area contributed by atoms with Gasteiger partial charge < -0.3 is 20.5 Å². The zero-order valence-corrected chi connectivity index (χ0v) is 10.3. The first-order valence-electron chi connectivity index (χ1n) is 5.79. The van der Waals surface area contributed by atoms with Gasteiger partial charge >= 0.3 is 0 Å². The first kappa shape index (κ1) is 12.8. The minimum Gasteiger partial charge on any atom is -0.384 e. The maximum atomic E-state index is 11.9. The van der Waals surface area contributed by atoms with Gasteiger partial charge in [-0.2, -0.15) is 0 Å². The van der Waals surface area contributed by atoms with E-state index in [2.05, 4.69) is 10.3 Å². The fourth-order valence-corrected chi connectivity index (χ4v) is 1.87. The molecule has 0 aromatic carbocycles. The molecule has 0 saturated carbocycles. The van der Waals surface area contributed by atoms with Crippen LogP contribution in [-0.2, 0) is 9.47 Å². The Morgan fingerprint density at radius 3 is 3.11 bits per heavy atom. The third-order valence-corrected chi connectivity index (χ3v) is 3.07. The van der Waals surface area contributed by atoms with Crippen LogP contribution >= 0.6 is 0 Å². The molecule has 1 fully saturated rings. The SMILES string of the molecule is COC1(CNC(=O)c2cccc(N)n2)CCOC1.